The highest BCUT2D eigenvalue weighted by Gasteiger charge is 2.34. The summed E-state index contributed by atoms with van der Waals surface area (Å²) >= 11 is 0. The SMILES string of the molecule is CCCC1CCC(C2=CCC(C3C=CC(CCC4=CCC(OCC)C(F)=C4)=CC3)C(F)=C2F)CC1. The molecule has 3 unspecified atom stereocenters. The molecule has 0 aliphatic heterocycles. The molecular formula is C31H41F3O. The van der Waals surface area contributed by atoms with Crippen molar-refractivity contribution < 1.29 is 17.9 Å². The number of hydrogen-bond donors (Lipinski definition) is 0. The van der Waals surface area contributed by atoms with Gasteiger partial charge >= 0.3 is 0 Å². The molecule has 0 saturated heterocycles. The van der Waals surface area contributed by atoms with Crippen LogP contribution in [0.15, 0.2) is 70.7 Å². The van der Waals surface area contributed by atoms with Gasteiger partial charge in [-0.15, -0.1) is 0 Å². The fraction of sp³-hybridized carbons (Fsp3) is 0.613. The van der Waals surface area contributed by atoms with Crippen LogP contribution < -0.4 is 0 Å². The van der Waals surface area contributed by atoms with Gasteiger partial charge < -0.3 is 4.74 Å². The molecule has 192 valence electrons. The molecule has 0 aromatic rings. The van der Waals surface area contributed by atoms with E-state index in [1.165, 1.54) is 18.4 Å². The summed E-state index contributed by atoms with van der Waals surface area (Å²) in [4.78, 5) is 0. The third kappa shape index (κ3) is 6.50. The Balaban J connectivity index is 1.27. The van der Waals surface area contributed by atoms with E-state index >= 15 is 8.78 Å². The maximum absolute atomic E-state index is 15.2. The van der Waals surface area contributed by atoms with Gasteiger partial charge in [0.25, 0.3) is 0 Å². The largest absolute Gasteiger partial charge is 0.371 e. The minimum atomic E-state index is -0.577. The third-order valence-electron chi connectivity index (χ3n) is 8.39. The van der Waals surface area contributed by atoms with Crippen LogP contribution in [-0.4, -0.2) is 12.7 Å². The smallest absolute Gasteiger partial charge is 0.158 e. The lowest BCUT2D eigenvalue weighted by Crippen LogP contribution is -2.22. The van der Waals surface area contributed by atoms with Gasteiger partial charge in [-0.1, -0.05) is 55.7 Å². The molecular weight excluding hydrogens is 445 g/mol. The highest BCUT2D eigenvalue weighted by atomic mass is 19.2. The number of ether oxygens (including phenoxy) is 1. The lowest BCUT2D eigenvalue weighted by atomic mass is 9.73. The molecule has 4 heteroatoms. The number of hydrogen-bond acceptors (Lipinski definition) is 1. The zero-order chi connectivity index (χ0) is 24.8. The fourth-order valence-electron chi connectivity index (χ4n) is 6.30. The fourth-order valence-corrected chi connectivity index (χ4v) is 6.30. The maximum atomic E-state index is 15.2. The average Bonchev–Trinajstić information content (AvgIpc) is 2.87. The molecule has 1 fully saturated rings. The predicted octanol–water partition coefficient (Wildman–Crippen LogP) is 9.56. The van der Waals surface area contributed by atoms with Crippen LogP contribution in [0.5, 0.6) is 0 Å². The Morgan fingerprint density at radius 2 is 1.63 bits per heavy atom. The molecule has 0 spiro atoms. The van der Waals surface area contributed by atoms with Crippen LogP contribution in [0.25, 0.3) is 0 Å². The molecule has 35 heavy (non-hydrogen) atoms. The van der Waals surface area contributed by atoms with E-state index in [1.807, 2.05) is 13.0 Å². The van der Waals surface area contributed by atoms with Gasteiger partial charge in [0.1, 0.15) is 17.8 Å². The van der Waals surface area contributed by atoms with Crippen LogP contribution in [0, 0.1) is 23.7 Å². The lowest BCUT2D eigenvalue weighted by molar-refractivity contribution is 0.0731. The van der Waals surface area contributed by atoms with E-state index in [4.69, 9.17) is 4.74 Å². The molecule has 0 radical (unpaired) electrons. The Morgan fingerprint density at radius 1 is 0.886 bits per heavy atom. The van der Waals surface area contributed by atoms with Gasteiger partial charge in [-0.3, -0.25) is 0 Å². The van der Waals surface area contributed by atoms with Gasteiger partial charge in [-0.05, 0) is 99.7 Å². The third-order valence-corrected chi connectivity index (χ3v) is 8.39. The summed E-state index contributed by atoms with van der Waals surface area (Å²) in [5.41, 5.74) is 2.82. The summed E-state index contributed by atoms with van der Waals surface area (Å²) < 4.78 is 49.9. The van der Waals surface area contributed by atoms with Crippen LogP contribution in [-0.2, 0) is 4.74 Å². The first-order valence-corrected chi connectivity index (χ1v) is 13.8. The first-order chi connectivity index (χ1) is 17.0. The summed E-state index contributed by atoms with van der Waals surface area (Å²) in [5.74, 6) is -0.790. The van der Waals surface area contributed by atoms with Crippen molar-refractivity contribution in [3.05, 3.63) is 70.7 Å². The Hall–Kier alpha value is -1.81. The molecule has 0 heterocycles. The van der Waals surface area contributed by atoms with E-state index < -0.39 is 23.7 Å². The Bertz CT molecular complexity index is 927. The molecule has 4 aliphatic rings. The highest BCUT2D eigenvalue weighted by Crippen LogP contribution is 2.45. The molecule has 0 amide bonds. The number of halogens is 3. The predicted molar refractivity (Wildman–Crippen MR) is 138 cm³/mol. The number of allylic oxidation sites excluding steroid dienone is 10. The zero-order valence-electron chi connectivity index (χ0n) is 21.4. The molecule has 0 aromatic heterocycles. The Morgan fingerprint density at radius 3 is 2.29 bits per heavy atom. The second kappa shape index (κ2) is 12.4. The van der Waals surface area contributed by atoms with Crippen LogP contribution >= 0.6 is 0 Å². The second-order valence-corrected chi connectivity index (χ2v) is 10.7. The van der Waals surface area contributed by atoms with Crippen molar-refractivity contribution >= 4 is 0 Å². The molecule has 1 saturated carbocycles. The normalized spacial score (nSPS) is 31.6. The van der Waals surface area contributed by atoms with E-state index in [9.17, 15) is 4.39 Å². The van der Waals surface area contributed by atoms with E-state index in [0.717, 1.165) is 56.4 Å². The Kier molecular flexibility index (Phi) is 9.33. The first-order valence-electron chi connectivity index (χ1n) is 13.8. The van der Waals surface area contributed by atoms with Gasteiger partial charge in [0.2, 0.25) is 0 Å². The van der Waals surface area contributed by atoms with E-state index in [1.54, 1.807) is 6.08 Å². The van der Waals surface area contributed by atoms with Crippen LogP contribution in [0.1, 0.15) is 84.5 Å². The number of rotatable bonds is 9. The lowest BCUT2D eigenvalue weighted by Gasteiger charge is -2.33. The van der Waals surface area contributed by atoms with E-state index in [0.29, 0.717) is 25.0 Å². The standard InChI is InChI=1S/C31H41F3O/c1-3-5-21-8-13-24(14-9-21)26-17-18-27(31(34)30(26)33)25-15-10-22(11-16-25)6-7-23-12-19-29(35-4-2)28(32)20-23/h10-12,15,17,20-21,24-25,27,29H,3-9,13-14,16,18-19H2,1-2H3. The van der Waals surface area contributed by atoms with Crippen LogP contribution in [0.3, 0.4) is 0 Å². The topological polar surface area (TPSA) is 9.23 Å². The molecule has 0 aromatic carbocycles. The Labute approximate surface area is 209 Å². The molecule has 0 bridgehead atoms. The van der Waals surface area contributed by atoms with Crippen molar-refractivity contribution in [2.75, 3.05) is 6.61 Å². The van der Waals surface area contributed by atoms with Crippen molar-refractivity contribution in [1.29, 1.82) is 0 Å². The van der Waals surface area contributed by atoms with Gasteiger partial charge in [-0.2, -0.15) is 0 Å². The zero-order valence-corrected chi connectivity index (χ0v) is 21.4. The van der Waals surface area contributed by atoms with Crippen molar-refractivity contribution in [2.24, 2.45) is 23.7 Å². The van der Waals surface area contributed by atoms with Crippen molar-refractivity contribution in [1.82, 2.24) is 0 Å². The van der Waals surface area contributed by atoms with Gasteiger partial charge in [0.05, 0.1) is 0 Å². The average molecular weight is 487 g/mol. The summed E-state index contributed by atoms with van der Waals surface area (Å²) in [6, 6.07) is 0. The molecule has 1 nitrogen and oxygen atoms in total. The molecule has 0 N–H and O–H groups in total. The van der Waals surface area contributed by atoms with Crippen LogP contribution in [0.4, 0.5) is 13.2 Å². The van der Waals surface area contributed by atoms with Crippen molar-refractivity contribution in [3.63, 3.8) is 0 Å². The summed E-state index contributed by atoms with van der Waals surface area (Å²) in [6.07, 6.45) is 21.7. The summed E-state index contributed by atoms with van der Waals surface area (Å²) in [6.45, 7) is 4.60. The van der Waals surface area contributed by atoms with Gasteiger partial charge in [0.15, 0.2) is 5.83 Å². The van der Waals surface area contributed by atoms with E-state index in [-0.39, 0.29) is 17.7 Å². The maximum Gasteiger partial charge on any atom is 0.158 e. The minimum absolute atomic E-state index is 0.0132. The first kappa shape index (κ1) is 26.3. The van der Waals surface area contributed by atoms with Crippen molar-refractivity contribution in [3.8, 4) is 0 Å². The van der Waals surface area contributed by atoms with Gasteiger partial charge in [0, 0.05) is 12.5 Å². The summed E-state index contributed by atoms with van der Waals surface area (Å²) in [7, 11) is 0. The molecule has 4 rings (SSSR count). The van der Waals surface area contributed by atoms with Crippen molar-refractivity contribution in [2.45, 2.75) is 90.6 Å². The minimum Gasteiger partial charge on any atom is -0.371 e. The van der Waals surface area contributed by atoms with E-state index in [2.05, 4.69) is 31.2 Å². The molecule has 4 aliphatic carbocycles. The highest BCUT2D eigenvalue weighted by molar-refractivity contribution is 5.37. The second-order valence-electron chi connectivity index (χ2n) is 10.7. The molecule has 3 atom stereocenters. The monoisotopic (exact) mass is 486 g/mol. The quantitative estimate of drug-likeness (QED) is 0.315. The van der Waals surface area contributed by atoms with Crippen LogP contribution in [0.2, 0.25) is 0 Å². The summed E-state index contributed by atoms with van der Waals surface area (Å²) in [5, 5.41) is 0. The van der Waals surface area contributed by atoms with Gasteiger partial charge in [-0.25, -0.2) is 13.2 Å².